The van der Waals surface area contributed by atoms with E-state index in [0.29, 0.717) is 27.4 Å². The third kappa shape index (κ3) is 3.81. The van der Waals surface area contributed by atoms with Gasteiger partial charge in [-0.15, -0.1) is 0 Å². The number of rotatable bonds is 4. The lowest BCUT2D eigenvalue weighted by Gasteiger charge is -2.13. The Kier molecular flexibility index (Phi) is 5.19. The fourth-order valence-corrected chi connectivity index (χ4v) is 3.23. The van der Waals surface area contributed by atoms with Crippen LogP contribution in [0, 0.1) is 5.82 Å². The highest BCUT2D eigenvalue weighted by Crippen LogP contribution is 2.34. The molecule has 0 bridgehead atoms. The standard InChI is InChI=1S/C21H13Cl2FN4/c22-17-2-1-3-18(23)20(17)28-21-26-12-16(13-4-6-15(24)7-5-13)19(27-21)14-8-10-25-11-9-14/h1-12H,(H,26,27,28). The van der Waals surface area contributed by atoms with Crippen molar-refractivity contribution in [3.8, 4) is 22.4 Å². The highest BCUT2D eigenvalue weighted by Gasteiger charge is 2.14. The van der Waals surface area contributed by atoms with Gasteiger partial charge in [-0.05, 0) is 42.0 Å². The first-order valence-electron chi connectivity index (χ1n) is 8.36. The van der Waals surface area contributed by atoms with Gasteiger partial charge < -0.3 is 5.32 Å². The second-order valence-electron chi connectivity index (χ2n) is 5.92. The molecular weight excluding hydrogens is 398 g/mol. The largest absolute Gasteiger partial charge is 0.322 e. The summed E-state index contributed by atoms with van der Waals surface area (Å²) in [5.74, 6) is 0.0365. The summed E-state index contributed by atoms with van der Waals surface area (Å²) in [5.41, 5.74) is 3.62. The molecule has 2 aromatic heterocycles. The molecule has 0 spiro atoms. The van der Waals surface area contributed by atoms with Crippen molar-refractivity contribution in [3.63, 3.8) is 0 Å². The molecule has 4 rings (SSSR count). The van der Waals surface area contributed by atoms with Gasteiger partial charge in [0, 0.05) is 29.7 Å². The second-order valence-corrected chi connectivity index (χ2v) is 6.73. The summed E-state index contributed by atoms with van der Waals surface area (Å²) in [6.45, 7) is 0. The summed E-state index contributed by atoms with van der Waals surface area (Å²) >= 11 is 12.5. The lowest BCUT2D eigenvalue weighted by Crippen LogP contribution is -2.01. The van der Waals surface area contributed by atoms with Gasteiger partial charge in [-0.3, -0.25) is 4.98 Å². The molecule has 28 heavy (non-hydrogen) atoms. The van der Waals surface area contributed by atoms with Crippen LogP contribution in [-0.4, -0.2) is 15.0 Å². The van der Waals surface area contributed by atoms with Crippen molar-refractivity contribution in [1.82, 2.24) is 15.0 Å². The minimum Gasteiger partial charge on any atom is -0.322 e. The van der Waals surface area contributed by atoms with Crippen LogP contribution in [0.2, 0.25) is 10.0 Å². The number of benzene rings is 2. The summed E-state index contributed by atoms with van der Waals surface area (Å²) in [5, 5.41) is 4.00. The van der Waals surface area contributed by atoms with Crippen molar-refractivity contribution >= 4 is 34.8 Å². The molecule has 0 fully saturated rings. The number of aromatic nitrogens is 3. The Morgan fingerprint density at radius 3 is 2.18 bits per heavy atom. The molecule has 4 aromatic rings. The number of nitrogens with zero attached hydrogens (tertiary/aromatic N) is 3. The van der Waals surface area contributed by atoms with Crippen LogP contribution >= 0.6 is 23.2 Å². The molecule has 0 amide bonds. The SMILES string of the molecule is Fc1ccc(-c2cnc(Nc3c(Cl)cccc3Cl)nc2-c2ccncc2)cc1. The Hall–Kier alpha value is -3.02. The van der Waals surface area contributed by atoms with Gasteiger partial charge in [0.15, 0.2) is 0 Å². The smallest absolute Gasteiger partial charge is 0.227 e. The van der Waals surface area contributed by atoms with Crippen molar-refractivity contribution in [3.05, 3.63) is 89.1 Å². The van der Waals surface area contributed by atoms with Crippen molar-refractivity contribution in [2.45, 2.75) is 0 Å². The van der Waals surface area contributed by atoms with Crippen LogP contribution in [0.1, 0.15) is 0 Å². The van der Waals surface area contributed by atoms with Crippen LogP contribution in [0.3, 0.4) is 0 Å². The molecule has 7 heteroatoms. The normalized spacial score (nSPS) is 10.7. The van der Waals surface area contributed by atoms with E-state index in [9.17, 15) is 4.39 Å². The quantitative estimate of drug-likeness (QED) is 0.423. The molecule has 0 saturated heterocycles. The highest BCUT2D eigenvalue weighted by molar-refractivity contribution is 6.39. The van der Waals surface area contributed by atoms with Crippen LogP contribution in [0.4, 0.5) is 16.0 Å². The molecule has 0 aliphatic heterocycles. The van der Waals surface area contributed by atoms with E-state index in [-0.39, 0.29) is 5.82 Å². The molecule has 0 radical (unpaired) electrons. The number of pyridine rings is 1. The number of anilines is 2. The summed E-state index contributed by atoms with van der Waals surface area (Å²) in [6, 6.07) is 15.1. The van der Waals surface area contributed by atoms with Crippen LogP contribution in [0.15, 0.2) is 73.2 Å². The molecule has 2 aromatic carbocycles. The predicted molar refractivity (Wildman–Crippen MR) is 110 cm³/mol. The minimum absolute atomic E-state index is 0.304. The maximum absolute atomic E-state index is 13.3. The van der Waals surface area contributed by atoms with Gasteiger partial charge in [0.1, 0.15) is 5.82 Å². The average molecular weight is 411 g/mol. The first kappa shape index (κ1) is 18.3. The monoisotopic (exact) mass is 410 g/mol. The number of hydrogen-bond acceptors (Lipinski definition) is 4. The number of para-hydroxylation sites is 1. The van der Waals surface area contributed by atoms with E-state index in [4.69, 9.17) is 23.2 Å². The second kappa shape index (κ2) is 7.92. The van der Waals surface area contributed by atoms with Crippen molar-refractivity contribution in [1.29, 1.82) is 0 Å². The van der Waals surface area contributed by atoms with E-state index in [1.54, 1.807) is 48.9 Å². The van der Waals surface area contributed by atoms with Crippen molar-refractivity contribution in [2.75, 3.05) is 5.32 Å². The predicted octanol–water partition coefficient (Wildman–Crippen LogP) is 6.40. The van der Waals surface area contributed by atoms with Crippen LogP contribution in [0.25, 0.3) is 22.4 Å². The number of nitrogens with one attached hydrogen (secondary N) is 1. The molecule has 0 saturated carbocycles. The van der Waals surface area contributed by atoms with Gasteiger partial charge in [-0.25, -0.2) is 14.4 Å². The van der Waals surface area contributed by atoms with Crippen molar-refractivity contribution < 1.29 is 4.39 Å². The molecule has 0 aliphatic carbocycles. The zero-order chi connectivity index (χ0) is 19.5. The van der Waals surface area contributed by atoms with E-state index in [1.807, 2.05) is 12.1 Å². The van der Waals surface area contributed by atoms with Crippen LogP contribution in [0.5, 0.6) is 0 Å². The number of hydrogen-bond donors (Lipinski definition) is 1. The van der Waals surface area contributed by atoms with Crippen molar-refractivity contribution in [2.24, 2.45) is 0 Å². The van der Waals surface area contributed by atoms with E-state index < -0.39 is 0 Å². The van der Waals surface area contributed by atoms with Gasteiger partial charge in [0.05, 0.1) is 21.4 Å². The van der Waals surface area contributed by atoms with E-state index in [0.717, 1.165) is 16.7 Å². The van der Waals surface area contributed by atoms with Crippen LogP contribution in [-0.2, 0) is 0 Å². The zero-order valence-corrected chi connectivity index (χ0v) is 15.9. The van der Waals surface area contributed by atoms with E-state index >= 15 is 0 Å². The minimum atomic E-state index is -0.304. The molecule has 0 unspecified atom stereocenters. The van der Waals surface area contributed by atoms with Gasteiger partial charge >= 0.3 is 0 Å². The molecule has 0 aliphatic rings. The summed E-state index contributed by atoms with van der Waals surface area (Å²) in [6.07, 6.45) is 5.05. The summed E-state index contributed by atoms with van der Waals surface area (Å²) < 4.78 is 13.3. The fraction of sp³-hybridized carbons (Fsp3) is 0. The average Bonchev–Trinajstić information content (AvgIpc) is 2.72. The van der Waals surface area contributed by atoms with Gasteiger partial charge in [-0.2, -0.15) is 0 Å². The Morgan fingerprint density at radius 1 is 0.821 bits per heavy atom. The third-order valence-electron chi connectivity index (χ3n) is 4.10. The molecular formula is C21H13Cl2FN4. The Bertz CT molecular complexity index is 1100. The third-order valence-corrected chi connectivity index (χ3v) is 4.73. The van der Waals surface area contributed by atoms with Crippen LogP contribution < -0.4 is 5.32 Å². The van der Waals surface area contributed by atoms with E-state index in [2.05, 4.69) is 20.3 Å². The molecule has 138 valence electrons. The lowest BCUT2D eigenvalue weighted by molar-refractivity contribution is 0.628. The summed E-state index contributed by atoms with van der Waals surface area (Å²) in [4.78, 5) is 13.1. The molecule has 0 atom stereocenters. The van der Waals surface area contributed by atoms with Gasteiger partial charge in [0.2, 0.25) is 5.95 Å². The van der Waals surface area contributed by atoms with Gasteiger partial charge in [-0.1, -0.05) is 41.4 Å². The molecule has 2 heterocycles. The fourth-order valence-electron chi connectivity index (χ4n) is 2.74. The maximum Gasteiger partial charge on any atom is 0.227 e. The molecule has 4 nitrogen and oxygen atoms in total. The first-order chi connectivity index (χ1) is 13.6. The Labute approximate surface area is 171 Å². The van der Waals surface area contributed by atoms with E-state index in [1.165, 1.54) is 12.1 Å². The Balaban J connectivity index is 1.82. The Morgan fingerprint density at radius 2 is 1.50 bits per heavy atom. The topological polar surface area (TPSA) is 50.7 Å². The molecule has 1 N–H and O–H groups in total. The zero-order valence-electron chi connectivity index (χ0n) is 14.4. The van der Waals surface area contributed by atoms with Gasteiger partial charge in [0.25, 0.3) is 0 Å². The maximum atomic E-state index is 13.3. The number of halogens is 3. The summed E-state index contributed by atoms with van der Waals surface area (Å²) in [7, 11) is 0. The lowest BCUT2D eigenvalue weighted by atomic mass is 10.0. The highest BCUT2D eigenvalue weighted by atomic mass is 35.5. The first-order valence-corrected chi connectivity index (χ1v) is 9.12.